The number of aryl methyl sites for hydroxylation is 2. The molecule has 0 nitrogen and oxygen atoms in total. The molecule has 0 bridgehead atoms. The third-order valence-corrected chi connectivity index (χ3v) is 9.43. The molecule has 2 aromatic rings. The minimum atomic E-state index is -0.399. The van der Waals surface area contributed by atoms with Gasteiger partial charge in [0.2, 0.25) is 0 Å². The predicted molar refractivity (Wildman–Crippen MR) is 149 cm³/mol. The molecular formula is C34H48F2. The molecule has 0 atom stereocenters. The second-order valence-electron chi connectivity index (χ2n) is 11.9. The van der Waals surface area contributed by atoms with Crippen molar-refractivity contribution in [2.24, 2.45) is 23.7 Å². The van der Waals surface area contributed by atoms with E-state index in [1.54, 1.807) is 6.07 Å². The van der Waals surface area contributed by atoms with Crippen molar-refractivity contribution >= 4 is 0 Å². The van der Waals surface area contributed by atoms with Crippen molar-refractivity contribution in [3.05, 3.63) is 59.4 Å². The van der Waals surface area contributed by atoms with Crippen molar-refractivity contribution in [1.82, 2.24) is 0 Å². The molecular weight excluding hydrogens is 446 g/mol. The number of rotatable bonds is 12. The summed E-state index contributed by atoms with van der Waals surface area (Å²) in [4.78, 5) is 0. The molecule has 0 spiro atoms. The van der Waals surface area contributed by atoms with Gasteiger partial charge in [0.15, 0.2) is 0 Å². The van der Waals surface area contributed by atoms with Gasteiger partial charge in [-0.25, -0.2) is 4.39 Å². The molecule has 0 aliphatic heterocycles. The van der Waals surface area contributed by atoms with Crippen molar-refractivity contribution in [2.75, 3.05) is 6.67 Å². The molecule has 2 aliphatic rings. The highest BCUT2D eigenvalue weighted by atomic mass is 19.1. The molecule has 2 fully saturated rings. The van der Waals surface area contributed by atoms with E-state index in [0.717, 1.165) is 41.2 Å². The van der Waals surface area contributed by atoms with Crippen LogP contribution in [0.15, 0.2) is 42.5 Å². The first kappa shape index (κ1) is 27.3. The van der Waals surface area contributed by atoms with Gasteiger partial charge in [0.1, 0.15) is 5.82 Å². The Bertz CT molecular complexity index is 886. The lowest BCUT2D eigenvalue weighted by atomic mass is 9.68. The van der Waals surface area contributed by atoms with Crippen LogP contribution in [0.1, 0.15) is 108 Å². The smallest absolute Gasteiger partial charge is 0.127 e. The molecule has 2 aromatic carbocycles. The average Bonchev–Trinajstić information content (AvgIpc) is 2.92. The Balaban J connectivity index is 1.17. The molecule has 36 heavy (non-hydrogen) atoms. The molecule has 0 amide bonds. The lowest BCUT2D eigenvalue weighted by Crippen LogP contribution is -2.26. The Morgan fingerprint density at radius 2 is 1.28 bits per heavy atom. The van der Waals surface area contributed by atoms with Gasteiger partial charge in [0.25, 0.3) is 0 Å². The number of hydrogen-bond acceptors (Lipinski definition) is 0. The van der Waals surface area contributed by atoms with Crippen LogP contribution in [0.5, 0.6) is 0 Å². The van der Waals surface area contributed by atoms with Crippen molar-refractivity contribution in [2.45, 2.75) is 110 Å². The van der Waals surface area contributed by atoms with Gasteiger partial charge in [-0.2, -0.15) is 0 Å². The summed E-state index contributed by atoms with van der Waals surface area (Å²) in [5.74, 6) is 3.71. The minimum absolute atomic E-state index is 0.222. The normalized spacial score (nSPS) is 24.6. The van der Waals surface area contributed by atoms with E-state index in [9.17, 15) is 8.78 Å². The van der Waals surface area contributed by atoms with Gasteiger partial charge in [-0.3, -0.25) is 4.39 Å². The molecule has 0 aromatic heterocycles. The number of benzene rings is 2. The number of halogens is 2. The number of unbranched alkanes of at least 4 members (excludes halogenated alkanes) is 2. The summed E-state index contributed by atoms with van der Waals surface area (Å²) in [6.45, 7) is 1.91. The SMILES string of the molecule is CCCCCC1CCC(C2CCC(CCc3ccc(-c4ccc(CCCF)c(F)c4)cc3)CC2)CC1. The van der Waals surface area contributed by atoms with Crippen LogP contribution in [0, 0.1) is 29.5 Å². The highest BCUT2D eigenvalue weighted by molar-refractivity contribution is 5.64. The fourth-order valence-electron chi connectivity index (χ4n) is 7.00. The summed E-state index contributed by atoms with van der Waals surface area (Å²) < 4.78 is 26.8. The second kappa shape index (κ2) is 14.3. The molecule has 0 saturated heterocycles. The fraction of sp³-hybridized carbons (Fsp3) is 0.647. The Morgan fingerprint density at radius 3 is 1.86 bits per heavy atom. The Labute approximate surface area is 219 Å². The van der Waals surface area contributed by atoms with Crippen LogP contribution in [-0.4, -0.2) is 6.67 Å². The molecule has 0 heterocycles. The fourth-order valence-corrected chi connectivity index (χ4v) is 7.00. The summed E-state index contributed by atoms with van der Waals surface area (Å²) >= 11 is 0. The molecule has 2 aliphatic carbocycles. The van der Waals surface area contributed by atoms with Gasteiger partial charge in [0, 0.05) is 0 Å². The van der Waals surface area contributed by atoms with Gasteiger partial charge in [-0.05, 0) is 103 Å². The first-order chi connectivity index (χ1) is 17.7. The Morgan fingerprint density at radius 1 is 0.667 bits per heavy atom. The largest absolute Gasteiger partial charge is 0.251 e. The van der Waals surface area contributed by atoms with Crippen LogP contribution >= 0.6 is 0 Å². The summed E-state index contributed by atoms with van der Waals surface area (Å²) in [7, 11) is 0. The third-order valence-electron chi connectivity index (χ3n) is 9.43. The molecule has 0 N–H and O–H groups in total. The van der Waals surface area contributed by atoms with Crippen LogP contribution in [0.3, 0.4) is 0 Å². The molecule has 2 heteroatoms. The van der Waals surface area contributed by atoms with Crippen LogP contribution in [0.2, 0.25) is 0 Å². The van der Waals surface area contributed by atoms with Crippen LogP contribution in [0.25, 0.3) is 11.1 Å². The highest BCUT2D eigenvalue weighted by Crippen LogP contribution is 2.43. The standard InChI is InChI=1S/C34H48F2/c1-2-3-4-6-26-10-16-29(17-11-26)30-18-12-27(13-19-30)8-9-28-14-20-31(21-15-28)33-23-22-32(7-5-24-35)34(36)25-33/h14-15,20-23,25-27,29-30H,2-13,16-19,24H2,1H3. The molecule has 0 unspecified atom stereocenters. The molecule has 4 rings (SSSR count). The van der Waals surface area contributed by atoms with Gasteiger partial charge in [-0.15, -0.1) is 0 Å². The maximum absolute atomic E-state index is 14.4. The lowest BCUT2D eigenvalue weighted by molar-refractivity contribution is 0.140. The van der Waals surface area contributed by atoms with Crippen molar-refractivity contribution in [3.8, 4) is 11.1 Å². The minimum Gasteiger partial charge on any atom is -0.251 e. The van der Waals surface area contributed by atoms with Gasteiger partial charge < -0.3 is 0 Å². The molecule has 2 saturated carbocycles. The lowest BCUT2D eigenvalue weighted by Gasteiger charge is -2.38. The van der Waals surface area contributed by atoms with E-state index in [1.165, 1.54) is 89.0 Å². The maximum Gasteiger partial charge on any atom is 0.127 e. The zero-order valence-corrected chi connectivity index (χ0v) is 22.6. The second-order valence-corrected chi connectivity index (χ2v) is 11.9. The van der Waals surface area contributed by atoms with Crippen LogP contribution in [0.4, 0.5) is 8.78 Å². The van der Waals surface area contributed by atoms with E-state index in [4.69, 9.17) is 0 Å². The maximum atomic E-state index is 14.4. The van der Waals surface area contributed by atoms with Gasteiger partial charge in [-0.1, -0.05) is 94.7 Å². The Kier molecular flexibility index (Phi) is 10.9. The van der Waals surface area contributed by atoms with E-state index < -0.39 is 6.67 Å². The first-order valence-corrected chi connectivity index (χ1v) is 15.1. The van der Waals surface area contributed by atoms with E-state index in [2.05, 4.69) is 31.2 Å². The van der Waals surface area contributed by atoms with E-state index in [1.807, 2.05) is 12.1 Å². The number of alkyl halides is 1. The van der Waals surface area contributed by atoms with E-state index in [0.29, 0.717) is 18.4 Å². The van der Waals surface area contributed by atoms with Crippen LogP contribution < -0.4 is 0 Å². The van der Waals surface area contributed by atoms with Crippen molar-refractivity contribution in [3.63, 3.8) is 0 Å². The quantitative estimate of drug-likeness (QED) is 0.257. The van der Waals surface area contributed by atoms with Crippen LogP contribution in [-0.2, 0) is 12.8 Å². The average molecular weight is 495 g/mol. The summed E-state index contributed by atoms with van der Waals surface area (Å²) in [5.41, 5.74) is 3.95. The highest BCUT2D eigenvalue weighted by Gasteiger charge is 2.30. The zero-order chi connectivity index (χ0) is 25.2. The predicted octanol–water partition coefficient (Wildman–Crippen LogP) is 10.5. The number of hydrogen-bond donors (Lipinski definition) is 0. The van der Waals surface area contributed by atoms with E-state index >= 15 is 0 Å². The first-order valence-electron chi connectivity index (χ1n) is 15.1. The Hall–Kier alpha value is -1.70. The van der Waals surface area contributed by atoms with Gasteiger partial charge in [0.05, 0.1) is 6.67 Å². The van der Waals surface area contributed by atoms with Gasteiger partial charge >= 0.3 is 0 Å². The summed E-state index contributed by atoms with van der Waals surface area (Å²) in [5, 5.41) is 0. The monoisotopic (exact) mass is 494 g/mol. The zero-order valence-electron chi connectivity index (χ0n) is 22.6. The van der Waals surface area contributed by atoms with Crippen molar-refractivity contribution < 1.29 is 8.78 Å². The summed E-state index contributed by atoms with van der Waals surface area (Å²) in [6.07, 6.45) is 20.8. The molecule has 0 radical (unpaired) electrons. The van der Waals surface area contributed by atoms with Crippen molar-refractivity contribution in [1.29, 1.82) is 0 Å². The molecule has 198 valence electrons. The third kappa shape index (κ3) is 7.90. The summed E-state index contributed by atoms with van der Waals surface area (Å²) in [6, 6.07) is 14.1. The van der Waals surface area contributed by atoms with E-state index in [-0.39, 0.29) is 5.82 Å². The topological polar surface area (TPSA) is 0 Å².